The molecule has 128 valence electrons. The van der Waals surface area contributed by atoms with Crippen molar-refractivity contribution in [3.05, 3.63) is 12.7 Å². The Morgan fingerprint density at radius 2 is 1.83 bits per heavy atom. The van der Waals surface area contributed by atoms with E-state index in [1.807, 2.05) is 13.8 Å². The Hall–Kier alpha value is -1.32. The fourth-order valence-corrected chi connectivity index (χ4v) is 5.63. The van der Waals surface area contributed by atoms with Crippen molar-refractivity contribution in [2.45, 2.75) is 39.5 Å². The molecule has 2 N–H and O–H groups in total. The van der Waals surface area contributed by atoms with Crippen molar-refractivity contribution in [3.8, 4) is 0 Å². The molecule has 0 spiro atoms. The number of amides is 2. The number of hydrogen-bond acceptors (Lipinski definition) is 2. The van der Waals surface area contributed by atoms with Gasteiger partial charge in [-0.2, -0.15) is 0 Å². The lowest BCUT2D eigenvalue weighted by Gasteiger charge is -2.34. The van der Waals surface area contributed by atoms with E-state index < -0.39 is 0 Å². The summed E-state index contributed by atoms with van der Waals surface area (Å²) in [5, 5.41) is 6.14. The molecule has 3 aliphatic carbocycles. The molecule has 0 aliphatic heterocycles. The van der Waals surface area contributed by atoms with Crippen molar-refractivity contribution in [3.63, 3.8) is 0 Å². The lowest BCUT2D eigenvalue weighted by molar-refractivity contribution is -0.124. The van der Waals surface area contributed by atoms with E-state index in [9.17, 15) is 9.59 Å². The molecule has 0 heterocycles. The molecule has 0 aromatic rings. The number of carbonyl (C=O) groups is 2. The van der Waals surface area contributed by atoms with E-state index >= 15 is 0 Å². The molecule has 0 saturated heterocycles. The van der Waals surface area contributed by atoms with Gasteiger partial charge in [0.25, 0.3) is 0 Å². The quantitative estimate of drug-likeness (QED) is 0.739. The number of carbonyl (C=O) groups excluding carboxylic acids is 2. The summed E-state index contributed by atoms with van der Waals surface area (Å²) in [4.78, 5) is 23.2. The monoisotopic (exact) mass is 318 g/mol. The summed E-state index contributed by atoms with van der Waals surface area (Å²) in [6, 6.07) is 0. The average molecular weight is 318 g/mol. The van der Waals surface area contributed by atoms with Gasteiger partial charge in [-0.25, -0.2) is 0 Å². The van der Waals surface area contributed by atoms with Crippen LogP contribution in [0.15, 0.2) is 12.7 Å². The Kier molecular flexibility index (Phi) is 4.79. The zero-order valence-corrected chi connectivity index (χ0v) is 14.4. The van der Waals surface area contributed by atoms with E-state index in [0.717, 1.165) is 36.8 Å². The highest BCUT2D eigenvalue weighted by atomic mass is 16.2. The first-order valence-corrected chi connectivity index (χ1v) is 9.19. The van der Waals surface area contributed by atoms with Gasteiger partial charge in [0.05, 0.1) is 0 Å². The summed E-state index contributed by atoms with van der Waals surface area (Å²) in [7, 11) is 0. The van der Waals surface area contributed by atoms with Crippen LogP contribution in [0.25, 0.3) is 0 Å². The van der Waals surface area contributed by atoms with Crippen LogP contribution in [-0.4, -0.2) is 24.9 Å². The third kappa shape index (κ3) is 3.17. The van der Waals surface area contributed by atoms with E-state index in [-0.39, 0.29) is 17.7 Å². The van der Waals surface area contributed by atoms with Gasteiger partial charge in [-0.1, -0.05) is 20.4 Å². The highest BCUT2D eigenvalue weighted by Crippen LogP contribution is 2.62. The first-order valence-electron chi connectivity index (χ1n) is 9.19. The second kappa shape index (κ2) is 6.66. The first kappa shape index (κ1) is 16.5. The molecule has 3 saturated carbocycles. The van der Waals surface area contributed by atoms with Crippen LogP contribution in [0.3, 0.4) is 0 Å². The maximum Gasteiger partial charge on any atom is 0.243 e. The van der Waals surface area contributed by atoms with Crippen LogP contribution in [-0.2, 0) is 9.59 Å². The van der Waals surface area contributed by atoms with Crippen LogP contribution in [0.1, 0.15) is 39.5 Å². The molecule has 23 heavy (non-hydrogen) atoms. The van der Waals surface area contributed by atoms with E-state index in [2.05, 4.69) is 17.2 Å². The summed E-state index contributed by atoms with van der Waals surface area (Å²) in [6.45, 7) is 9.09. The molecule has 3 rings (SSSR count). The minimum atomic E-state index is -0.0501. The van der Waals surface area contributed by atoms with Gasteiger partial charge >= 0.3 is 0 Å². The number of nitrogens with one attached hydrogen (secondary N) is 2. The van der Waals surface area contributed by atoms with Crippen LogP contribution in [0, 0.1) is 41.4 Å². The topological polar surface area (TPSA) is 58.2 Å². The molecule has 0 radical (unpaired) electrons. The normalized spacial score (nSPS) is 37.7. The molecule has 0 aromatic carbocycles. The molecular formula is C19H30N2O2. The van der Waals surface area contributed by atoms with Gasteiger partial charge in [0.15, 0.2) is 0 Å². The van der Waals surface area contributed by atoms with Crippen molar-refractivity contribution in [1.82, 2.24) is 10.6 Å². The number of hydrogen-bond donors (Lipinski definition) is 2. The molecular weight excluding hydrogens is 288 g/mol. The van der Waals surface area contributed by atoms with Gasteiger partial charge in [-0.15, -0.1) is 0 Å². The van der Waals surface area contributed by atoms with Crippen molar-refractivity contribution >= 4 is 11.8 Å². The molecule has 3 aliphatic rings. The lowest BCUT2D eigenvalue weighted by atomic mass is 9.73. The summed E-state index contributed by atoms with van der Waals surface area (Å²) >= 11 is 0. The number of rotatable bonds is 6. The largest absolute Gasteiger partial charge is 0.356 e. The summed E-state index contributed by atoms with van der Waals surface area (Å²) in [5.41, 5.74) is 0. The standard InChI is InChI=1S/C19H30N2O2/c1-4-17(22)20-9-12-5-6-15-16-8-13(18(12)15)7-14(16)10-21-19(23)11(2)3/h4,11-16,18H,1,5-10H2,2-3H3,(H,20,22)(H,21,23). The fourth-order valence-electron chi connectivity index (χ4n) is 5.63. The molecule has 4 nitrogen and oxygen atoms in total. The van der Waals surface area contributed by atoms with Gasteiger partial charge in [0.1, 0.15) is 0 Å². The maximum absolute atomic E-state index is 11.8. The second-order valence-corrected chi connectivity index (χ2v) is 8.08. The Labute approximate surface area is 139 Å². The maximum atomic E-state index is 11.8. The third-order valence-electron chi connectivity index (χ3n) is 6.58. The Balaban J connectivity index is 1.53. The molecule has 4 heteroatoms. The van der Waals surface area contributed by atoms with Crippen LogP contribution in [0.5, 0.6) is 0 Å². The Bertz CT molecular complexity index is 488. The van der Waals surface area contributed by atoms with Crippen LogP contribution in [0.4, 0.5) is 0 Å². The fraction of sp³-hybridized carbons (Fsp3) is 0.789. The summed E-state index contributed by atoms with van der Waals surface area (Å²) in [6.07, 6.45) is 6.50. The van der Waals surface area contributed by atoms with Gasteiger partial charge in [0.2, 0.25) is 11.8 Å². The molecule has 2 bridgehead atoms. The zero-order chi connectivity index (χ0) is 16.6. The van der Waals surface area contributed by atoms with Gasteiger partial charge in [0, 0.05) is 19.0 Å². The zero-order valence-electron chi connectivity index (χ0n) is 14.4. The van der Waals surface area contributed by atoms with E-state index in [1.54, 1.807) is 0 Å². The minimum absolute atomic E-state index is 0.0501. The van der Waals surface area contributed by atoms with Gasteiger partial charge in [-0.3, -0.25) is 9.59 Å². The van der Waals surface area contributed by atoms with Crippen LogP contribution >= 0.6 is 0 Å². The van der Waals surface area contributed by atoms with Crippen LogP contribution in [0.2, 0.25) is 0 Å². The first-order chi connectivity index (χ1) is 11.0. The van der Waals surface area contributed by atoms with Gasteiger partial charge < -0.3 is 10.6 Å². The lowest BCUT2D eigenvalue weighted by Crippen LogP contribution is -2.38. The average Bonchev–Trinajstić information content (AvgIpc) is 3.21. The molecule has 6 atom stereocenters. The highest BCUT2D eigenvalue weighted by molar-refractivity contribution is 5.86. The van der Waals surface area contributed by atoms with E-state index in [0.29, 0.717) is 11.8 Å². The van der Waals surface area contributed by atoms with E-state index in [1.165, 1.54) is 31.8 Å². The molecule has 3 fully saturated rings. The van der Waals surface area contributed by atoms with Crippen molar-refractivity contribution < 1.29 is 9.59 Å². The molecule has 0 aromatic heterocycles. The van der Waals surface area contributed by atoms with Crippen LogP contribution < -0.4 is 10.6 Å². The number of fused-ring (bicyclic) bond motifs is 5. The molecule has 2 amide bonds. The third-order valence-corrected chi connectivity index (χ3v) is 6.58. The SMILES string of the molecule is C=CC(=O)NCC1CCC2C3CC(CC3CNC(=O)C(C)C)C12. The minimum Gasteiger partial charge on any atom is -0.356 e. The Morgan fingerprint density at radius 1 is 1.09 bits per heavy atom. The predicted molar refractivity (Wildman–Crippen MR) is 90.5 cm³/mol. The highest BCUT2D eigenvalue weighted by Gasteiger charge is 2.56. The summed E-state index contributed by atoms with van der Waals surface area (Å²) < 4.78 is 0. The van der Waals surface area contributed by atoms with Crippen molar-refractivity contribution in [1.29, 1.82) is 0 Å². The predicted octanol–water partition coefficient (Wildman–Crippen LogP) is 2.36. The Morgan fingerprint density at radius 3 is 2.52 bits per heavy atom. The smallest absolute Gasteiger partial charge is 0.243 e. The van der Waals surface area contributed by atoms with Gasteiger partial charge in [-0.05, 0) is 67.3 Å². The summed E-state index contributed by atoms with van der Waals surface area (Å²) in [5.74, 6) is 4.73. The second-order valence-electron chi connectivity index (χ2n) is 8.08. The van der Waals surface area contributed by atoms with E-state index in [4.69, 9.17) is 0 Å². The van der Waals surface area contributed by atoms with Crippen molar-refractivity contribution in [2.24, 2.45) is 41.4 Å². The van der Waals surface area contributed by atoms with Crippen molar-refractivity contribution in [2.75, 3.05) is 13.1 Å². The molecule has 6 unspecified atom stereocenters.